The van der Waals surface area contributed by atoms with Gasteiger partial charge >= 0.3 is 0 Å². The molecule has 1 aliphatic heterocycles. The van der Waals surface area contributed by atoms with Crippen molar-refractivity contribution in [3.8, 4) is 22.6 Å². The third-order valence-corrected chi connectivity index (χ3v) is 7.35. The number of hydrogen-bond acceptors (Lipinski definition) is 7. The lowest BCUT2D eigenvalue weighted by Crippen LogP contribution is -2.49. The van der Waals surface area contributed by atoms with Gasteiger partial charge in [0.1, 0.15) is 11.5 Å². The smallest absolute Gasteiger partial charge is 0.276 e. The number of carbonyl (C=O) groups is 2. The number of phenolic OH excluding ortho intramolecular Hbond substituents is 1. The van der Waals surface area contributed by atoms with Crippen molar-refractivity contribution in [2.45, 2.75) is 26.2 Å². The van der Waals surface area contributed by atoms with E-state index in [1.54, 1.807) is 61.7 Å². The number of amides is 2. The van der Waals surface area contributed by atoms with Crippen molar-refractivity contribution in [2.75, 3.05) is 43.5 Å². The fourth-order valence-corrected chi connectivity index (χ4v) is 4.84. The van der Waals surface area contributed by atoms with Gasteiger partial charge in [-0.2, -0.15) is 0 Å². The first-order valence-electron chi connectivity index (χ1n) is 13.9. The van der Waals surface area contributed by atoms with Gasteiger partial charge in [-0.25, -0.2) is 0 Å². The van der Waals surface area contributed by atoms with Crippen molar-refractivity contribution in [3.63, 3.8) is 0 Å². The van der Waals surface area contributed by atoms with Crippen molar-refractivity contribution in [3.05, 3.63) is 95.7 Å². The normalized spacial score (nSPS) is 13.5. The molecule has 4 aromatic rings. The summed E-state index contributed by atoms with van der Waals surface area (Å²) in [6, 6.07) is 23.5. The number of nitrogens with one attached hydrogen (secondary N) is 1. The van der Waals surface area contributed by atoms with Crippen LogP contribution >= 0.6 is 0 Å². The van der Waals surface area contributed by atoms with Gasteiger partial charge in [0.15, 0.2) is 11.5 Å². The largest absolute Gasteiger partial charge is 0.508 e. The number of hydrogen-bond donors (Lipinski definition) is 2. The second kappa shape index (κ2) is 11.9. The Kier molecular flexibility index (Phi) is 8.10. The molecule has 42 heavy (non-hydrogen) atoms. The second-order valence-electron chi connectivity index (χ2n) is 11.3. The lowest BCUT2D eigenvalue weighted by molar-refractivity contribution is 0.0746. The van der Waals surface area contributed by atoms with E-state index in [1.807, 2.05) is 23.1 Å². The first kappa shape index (κ1) is 28.6. The summed E-state index contributed by atoms with van der Waals surface area (Å²) in [5, 5.41) is 21.2. The third-order valence-electron chi connectivity index (χ3n) is 7.35. The Hall–Kier alpha value is -4.92. The first-order valence-corrected chi connectivity index (χ1v) is 13.9. The number of ether oxygens (including phenoxy) is 1. The molecule has 1 aromatic heterocycles. The van der Waals surface area contributed by atoms with Gasteiger partial charge in [0.2, 0.25) is 0 Å². The molecule has 9 nitrogen and oxygen atoms in total. The van der Waals surface area contributed by atoms with Gasteiger partial charge in [0.05, 0.1) is 7.11 Å². The molecule has 0 bridgehead atoms. The van der Waals surface area contributed by atoms with E-state index in [-0.39, 0.29) is 28.7 Å². The molecular weight excluding hydrogens is 530 g/mol. The van der Waals surface area contributed by atoms with Crippen molar-refractivity contribution in [1.29, 1.82) is 0 Å². The van der Waals surface area contributed by atoms with Crippen LogP contribution in [-0.2, 0) is 5.41 Å². The molecule has 0 aliphatic carbocycles. The van der Waals surface area contributed by atoms with E-state index < -0.39 is 0 Å². The lowest BCUT2D eigenvalue weighted by atomic mass is 9.84. The van der Waals surface area contributed by atoms with E-state index in [2.05, 4.69) is 47.3 Å². The second-order valence-corrected chi connectivity index (χ2v) is 11.3. The molecule has 9 heteroatoms. The fraction of sp³-hybridized carbons (Fsp3) is 0.273. The molecule has 0 spiro atoms. The molecule has 1 aliphatic rings. The standard InChI is InChI=1S/C33H35N5O4/c1-33(2,3)25-19-23(22-6-5-7-27(39)21-22)18-24(20-25)32(41)38-16-14-37(15-17-38)30-13-12-29(35-36-30)31(40)34-26-8-10-28(42-4)11-9-26/h5-13,18-21,39H,14-17H2,1-4H3,(H,34,40). The number of rotatable bonds is 6. The topological polar surface area (TPSA) is 108 Å². The molecule has 0 unspecified atom stereocenters. The maximum atomic E-state index is 13.7. The van der Waals surface area contributed by atoms with Gasteiger partial charge < -0.3 is 25.0 Å². The summed E-state index contributed by atoms with van der Waals surface area (Å²) < 4.78 is 5.14. The molecule has 2 amide bonds. The van der Waals surface area contributed by atoms with Crippen LogP contribution in [0, 0.1) is 0 Å². The summed E-state index contributed by atoms with van der Waals surface area (Å²) in [6.07, 6.45) is 0. The summed E-state index contributed by atoms with van der Waals surface area (Å²) in [7, 11) is 1.59. The minimum Gasteiger partial charge on any atom is -0.508 e. The third kappa shape index (κ3) is 6.52. The van der Waals surface area contributed by atoms with Crippen molar-refractivity contribution < 1.29 is 19.4 Å². The van der Waals surface area contributed by atoms with Gasteiger partial charge in [-0.3, -0.25) is 9.59 Å². The quantitative estimate of drug-likeness (QED) is 0.324. The van der Waals surface area contributed by atoms with Crippen LogP contribution in [0.3, 0.4) is 0 Å². The highest BCUT2D eigenvalue weighted by Crippen LogP contribution is 2.31. The van der Waals surface area contributed by atoms with Crippen LogP contribution in [-0.4, -0.2) is 65.3 Å². The maximum absolute atomic E-state index is 13.7. The summed E-state index contributed by atoms with van der Waals surface area (Å²) >= 11 is 0. The molecule has 0 radical (unpaired) electrons. The molecule has 3 aromatic carbocycles. The first-order chi connectivity index (χ1) is 20.1. The van der Waals surface area contributed by atoms with Crippen LogP contribution in [0.5, 0.6) is 11.5 Å². The van der Waals surface area contributed by atoms with Crippen LogP contribution in [0.25, 0.3) is 11.1 Å². The van der Waals surface area contributed by atoms with Crippen molar-refractivity contribution >= 4 is 23.3 Å². The van der Waals surface area contributed by atoms with E-state index >= 15 is 0 Å². The van der Waals surface area contributed by atoms with Crippen LogP contribution < -0.4 is 15.0 Å². The zero-order valence-electron chi connectivity index (χ0n) is 24.3. The number of methoxy groups -OCH3 is 1. The highest BCUT2D eigenvalue weighted by Gasteiger charge is 2.25. The Balaban J connectivity index is 1.24. The molecule has 1 fully saturated rings. The summed E-state index contributed by atoms with van der Waals surface area (Å²) in [6.45, 7) is 8.61. The summed E-state index contributed by atoms with van der Waals surface area (Å²) in [4.78, 5) is 30.2. The molecule has 2 heterocycles. The van der Waals surface area contributed by atoms with E-state index in [1.165, 1.54) is 0 Å². The molecule has 0 saturated carbocycles. The minimum atomic E-state index is -0.350. The van der Waals surface area contributed by atoms with Gasteiger partial charge in [-0.05, 0) is 82.8 Å². The fourth-order valence-electron chi connectivity index (χ4n) is 4.84. The highest BCUT2D eigenvalue weighted by molar-refractivity contribution is 6.02. The average Bonchev–Trinajstić information content (AvgIpc) is 3.00. The number of piperazine rings is 1. The molecular formula is C33H35N5O4. The molecule has 216 valence electrons. The van der Waals surface area contributed by atoms with Gasteiger partial charge in [-0.1, -0.05) is 39.0 Å². The zero-order valence-corrected chi connectivity index (χ0v) is 24.3. The Morgan fingerprint density at radius 2 is 1.60 bits per heavy atom. The molecule has 5 rings (SSSR count). The average molecular weight is 566 g/mol. The Labute approximate surface area is 245 Å². The van der Waals surface area contributed by atoms with Crippen LogP contribution in [0.1, 0.15) is 47.2 Å². The number of anilines is 2. The Morgan fingerprint density at radius 1 is 0.857 bits per heavy atom. The number of nitrogens with zero attached hydrogens (tertiary/aromatic N) is 4. The summed E-state index contributed by atoms with van der Waals surface area (Å²) in [5.74, 6) is 1.17. The predicted molar refractivity (Wildman–Crippen MR) is 163 cm³/mol. The minimum absolute atomic E-state index is 0.0289. The maximum Gasteiger partial charge on any atom is 0.276 e. The number of aromatic hydroxyl groups is 1. The summed E-state index contributed by atoms with van der Waals surface area (Å²) in [5.41, 5.74) is 4.13. The van der Waals surface area contributed by atoms with E-state index in [0.717, 1.165) is 16.7 Å². The van der Waals surface area contributed by atoms with Crippen LogP contribution in [0.2, 0.25) is 0 Å². The molecule has 0 atom stereocenters. The zero-order chi connectivity index (χ0) is 29.9. The predicted octanol–water partition coefficient (Wildman–Crippen LogP) is 5.37. The van der Waals surface area contributed by atoms with Crippen LogP contribution in [0.15, 0.2) is 78.9 Å². The monoisotopic (exact) mass is 565 g/mol. The number of benzene rings is 3. The Morgan fingerprint density at radius 3 is 2.21 bits per heavy atom. The van der Waals surface area contributed by atoms with Crippen LogP contribution in [0.4, 0.5) is 11.5 Å². The van der Waals surface area contributed by atoms with Gasteiger partial charge in [0, 0.05) is 37.4 Å². The Bertz CT molecular complexity index is 1570. The number of phenols is 1. The molecule has 2 N–H and O–H groups in total. The van der Waals surface area contributed by atoms with Crippen molar-refractivity contribution in [1.82, 2.24) is 15.1 Å². The SMILES string of the molecule is COc1ccc(NC(=O)c2ccc(N3CCN(C(=O)c4cc(-c5cccc(O)c5)cc(C(C)(C)C)c4)CC3)nn2)cc1. The highest BCUT2D eigenvalue weighted by atomic mass is 16.5. The van der Waals surface area contributed by atoms with E-state index in [9.17, 15) is 14.7 Å². The van der Waals surface area contributed by atoms with E-state index in [4.69, 9.17) is 4.74 Å². The number of carbonyl (C=O) groups excluding carboxylic acids is 2. The van der Waals surface area contributed by atoms with Crippen molar-refractivity contribution in [2.24, 2.45) is 0 Å². The van der Waals surface area contributed by atoms with Gasteiger partial charge in [0.25, 0.3) is 11.8 Å². The van der Waals surface area contributed by atoms with E-state index in [0.29, 0.717) is 49.0 Å². The lowest BCUT2D eigenvalue weighted by Gasteiger charge is -2.35. The molecule has 1 saturated heterocycles. The number of aromatic nitrogens is 2. The van der Waals surface area contributed by atoms with Gasteiger partial charge in [-0.15, -0.1) is 10.2 Å².